The van der Waals surface area contributed by atoms with E-state index in [1.165, 1.54) is 18.6 Å². The summed E-state index contributed by atoms with van der Waals surface area (Å²) >= 11 is 0. The second kappa shape index (κ2) is 8.80. The normalized spacial score (nSPS) is 10.7. The van der Waals surface area contributed by atoms with Gasteiger partial charge >= 0.3 is 5.97 Å². The van der Waals surface area contributed by atoms with E-state index in [-0.39, 0.29) is 18.9 Å². The minimum Gasteiger partial charge on any atom is -0.497 e. The second-order valence-corrected chi connectivity index (χ2v) is 6.05. The number of hydrogen-bond donors (Lipinski definition) is 1. The molecule has 26 heavy (non-hydrogen) atoms. The van der Waals surface area contributed by atoms with Crippen LogP contribution in [0.1, 0.15) is 24.3 Å². The molecule has 0 fully saturated rings. The van der Waals surface area contributed by atoms with Crippen molar-refractivity contribution in [1.82, 2.24) is 15.3 Å². The highest BCUT2D eigenvalue weighted by molar-refractivity contribution is 5.92. The molecule has 1 amide bonds. The van der Waals surface area contributed by atoms with Crippen molar-refractivity contribution in [3.05, 3.63) is 48.5 Å². The zero-order valence-electron chi connectivity index (χ0n) is 14.9. The molecule has 2 rings (SSSR count). The quantitative estimate of drug-likeness (QED) is 0.715. The molecule has 0 aliphatic carbocycles. The summed E-state index contributed by atoms with van der Waals surface area (Å²) in [5, 5.41) is 2.74. The maximum absolute atomic E-state index is 12.1. The predicted molar refractivity (Wildman–Crippen MR) is 93.0 cm³/mol. The molecule has 138 valence electrons. The smallest absolute Gasteiger partial charge is 0.344 e. The van der Waals surface area contributed by atoms with Gasteiger partial charge in [0.25, 0.3) is 5.91 Å². The van der Waals surface area contributed by atoms with E-state index in [0.29, 0.717) is 11.5 Å². The van der Waals surface area contributed by atoms with Gasteiger partial charge in [-0.3, -0.25) is 9.78 Å². The Labute approximate surface area is 151 Å². The third kappa shape index (κ3) is 6.04. The Bertz CT molecular complexity index is 732. The third-order valence-corrected chi connectivity index (χ3v) is 3.26. The number of carbonyl (C=O) groups excluding carboxylic acids is 2. The molecule has 2 aromatic rings. The van der Waals surface area contributed by atoms with Crippen LogP contribution in [0.5, 0.6) is 11.5 Å². The topological polar surface area (TPSA) is 99.6 Å². The molecule has 0 bridgehead atoms. The second-order valence-electron chi connectivity index (χ2n) is 6.05. The average molecular weight is 359 g/mol. The van der Waals surface area contributed by atoms with Crippen molar-refractivity contribution in [2.24, 2.45) is 0 Å². The van der Waals surface area contributed by atoms with E-state index in [0.717, 1.165) is 0 Å². The molecule has 1 heterocycles. The van der Waals surface area contributed by atoms with Crippen LogP contribution in [0.4, 0.5) is 0 Å². The standard InChI is InChI=1S/C18H21N3O5/c1-18(2,21-17(23)15-10-19-8-9-20-15)12-26-16(22)11-25-14-6-4-13(24-3)5-7-14/h4-10H,11-12H2,1-3H3,(H,21,23). The van der Waals surface area contributed by atoms with Crippen LogP contribution in [0.25, 0.3) is 0 Å². The van der Waals surface area contributed by atoms with Gasteiger partial charge < -0.3 is 19.5 Å². The number of nitrogens with zero attached hydrogens (tertiary/aromatic N) is 2. The summed E-state index contributed by atoms with van der Waals surface area (Å²) in [5.41, 5.74) is -0.584. The van der Waals surface area contributed by atoms with Crippen LogP contribution < -0.4 is 14.8 Å². The molecule has 1 aromatic heterocycles. The van der Waals surface area contributed by atoms with Crippen LogP contribution in [-0.4, -0.2) is 47.7 Å². The lowest BCUT2D eigenvalue weighted by atomic mass is 10.1. The number of carbonyl (C=O) groups is 2. The molecule has 1 N–H and O–H groups in total. The highest BCUT2D eigenvalue weighted by atomic mass is 16.6. The molecule has 0 saturated carbocycles. The van der Waals surface area contributed by atoms with Gasteiger partial charge in [0.1, 0.15) is 23.8 Å². The Balaban J connectivity index is 1.76. The van der Waals surface area contributed by atoms with Crippen LogP contribution in [0.15, 0.2) is 42.9 Å². The van der Waals surface area contributed by atoms with Crippen LogP contribution >= 0.6 is 0 Å². The van der Waals surface area contributed by atoms with Crippen LogP contribution in [0, 0.1) is 0 Å². The summed E-state index contributed by atoms with van der Waals surface area (Å²) in [7, 11) is 1.57. The first-order chi connectivity index (χ1) is 12.4. The highest BCUT2D eigenvalue weighted by Crippen LogP contribution is 2.17. The molecular formula is C18H21N3O5. The largest absolute Gasteiger partial charge is 0.497 e. The summed E-state index contributed by atoms with van der Waals surface area (Å²) in [6, 6.07) is 6.84. The Morgan fingerprint density at radius 3 is 2.42 bits per heavy atom. The zero-order chi connectivity index (χ0) is 19.0. The number of amides is 1. The number of hydrogen-bond acceptors (Lipinski definition) is 7. The van der Waals surface area contributed by atoms with Crippen molar-refractivity contribution < 1.29 is 23.8 Å². The average Bonchev–Trinajstić information content (AvgIpc) is 2.65. The van der Waals surface area contributed by atoms with Crippen molar-refractivity contribution in [1.29, 1.82) is 0 Å². The number of nitrogens with one attached hydrogen (secondary N) is 1. The third-order valence-electron chi connectivity index (χ3n) is 3.26. The van der Waals surface area contributed by atoms with Gasteiger partial charge in [-0.25, -0.2) is 9.78 Å². The van der Waals surface area contributed by atoms with E-state index in [4.69, 9.17) is 14.2 Å². The highest BCUT2D eigenvalue weighted by Gasteiger charge is 2.24. The molecule has 0 aliphatic rings. The molecule has 0 atom stereocenters. The van der Waals surface area contributed by atoms with Gasteiger partial charge in [0.2, 0.25) is 0 Å². The Morgan fingerprint density at radius 2 is 1.81 bits per heavy atom. The first kappa shape index (κ1) is 19.2. The molecule has 0 radical (unpaired) electrons. The minimum absolute atomic E-state index is 0.0101. The molecule has 1 aromatic carbocycles. The Morgan fingerprint density at radius 1 is 1.12 bits per heavy atom. The molecule has 0 spiro atoms. The number of aromatic nitrogens is 2. The van der Waals surface area contributed by atoms with E-state index < -0.39 is 17.4 Å². The van der Waals surface area contributed by atoms with Crippen molar-refractivity contribution in [2.75, 3.05) is 20.3 Å². The van der Waals surface area contributed by atoms with Gasteiger partial charge in [0, 0.05) is 12.4 Å². The zero-order valence-corrected chi connectivity index (χ0v) is 14.9. The van der Waals surface area contributed by atoms with Crippen LogP contribution in [-0.2, 0) is 9.53 Å². The molecule has 8 nitrogen and oxygen atoms in total. The van der Waals surface area contributed by atoms with E-state index in [2.05, 4.69) is 15.3 Å². The maximum atomic E-state index is 12.1. The summed E-state index contributed by atoms with van der Waals surface area (Å²) in [4.78, 5) is 31.7. The fourth-order valence-electron chi connectivity index (χ4n) is 1.94. The first-order valence-electron chi connectivity index (χ1n) is 7.90. The number of methoxy groups -OCH3 is 1. The lowest BCUT2D eigenvalue weighted by Crippen LogP contribution is -2.47. The van der Waals surface area contributed by atoms with Crippen molar-refractivity contribution in [3.8, 4) is 11.5 Å². The predicted octanol–water partition coefficient (Wildman–Crippen LogP) is 1.62. The number of benzene rings is 1. The number of ether oxygens (including phenoxy) is 3. The number of esters is 1. The fourth-order valence-corrected chi connectivity index (χ4v) is 1.94. The van der Waals surface area contributed by atoms with Crippen molar-refractivity contribution in [2.45, 2.75) is 19.4 Å². The van der Waals surface area contributed by atoms with E-state index >= 15 is 0 Å². The summed E-state index contributed by atoms with van der Waals surface area (Å²) in [6.07, 6.45) is 4.27. The maximum Gasteiger partial charge on any atom is 0.344 e. The van der Waals surface area contributed by atoms with E-state index in [1.807, 2.05) is 0 Å². The number of rotatable bonds is 8. The molecule has 8 heteroatoms. The van der Waals surface area contributed by atoms with Gasteiger partial charge in [0.05, 0.1) is 18.8 Å². The summed E-state index contributed by atoms with van der Waals surface area (Å²) in [6.45, 7) is 3.22. The fraction of sp³-hybridized carbons (Fsp3) is 0.333. The Hall–Kier alpha value is -3.16. The summed E-state index contributed by atoms with van der Waals surface area (Å²) in [5.74, 6) is 0.287. The monoisotopic (exact) mass is 359 g/mol. The molecule has 0 aliphatic heterocycles. The first-order valence-corrected chi connectivity index (χ1v) is 7.90. The van der Waals surface area contributed by atoms with E-state index in [9.17, 15) is 9.59 Å². The van der Waals surface area contributed by atoms with Crippen LogP contribution in [0.3, 0.4) is 0 Å². The van der Waals surface area contributed by atoms with Gasteiger partial charge in [-0.05, 0) is 38.1 Å². The molecular weight excluding hydrogens is 338 g/mol. The van der Waals surface area contributed by atoms with Gasteiger partial charge in [-0.1, -0.05) is 0 Å². The minimum atomic E-state index is -0.773. The van der Waals surface area contributed by atoms with Crippen molar-refractivity contribution >= 4 is 11.9 Å². The summed E-state index contributed by atoms with van der Waals surface area (Å²) < 4.78 is 15.6. The van der Waals surface area contributed by atoms with Crippen LogP contribution in [0.2, 0.25) is 0 Å². The molecule has 0 unspecified atom stereocenters. The lowest BCUT2D eigenvalue weighted by Gasteiger charge is -2.25. The SMILES string of the molecule is COc1ccc(OCC(=O)OCC(C)(C)NC(=O)c2cnccn2)cc1. The van der Waals surface area contributed by atoms with Gasteiger partial charge in [-0.15, -0.1) is 0 Å². The van der Waals surface area contributed by atoms with Gasteiger partial charge in [-0.2, -0.15) is 0 Å². The van der Waals surface area contributed by atoms with E-state index in [1.54, 1.807) is 45.2 Å². The Kier molecular flexibility index (Phi) is 6.48. The van der Waals surface area contributed by atoms with Crippen molar-refractivity contribution in [3.63, 3.8) is 0 Å². The molecule has 0 saturated heterocycles. The van der Waals surface area contributed by atoms with Gasteiger partial charge in [0.15, 0.2) is 6.61 Å². The lowest BCUT2D eigenvalue weighted by molar-refractivity contribution is -0.147.